The van der Waals surface area contributed by atoms with Crippen molar-refractivity contribution in [2.45, 2.75) is 13.5 Å². The molecule has 10 nitrogen and oxygen atoms in total. The van der Waals surface area contributed by atoms with E-state index in [1.165, 1.54) is 25.1 Å². The van der Waals surface area contributed by atoms with Crippen molar-refractivity contribution < 1.29 is 18.0 Å². The molecule has 0 aliphatic carbocycles. The zero-order valence-corrected chi connectivity index (χ0v) is 17.1. The summed E-state index contributed by atoms with van der Waals surface area (Å²) >= 11 is 0. The number of pyridine rings is 1. The van der Waals surface area contributed by atoms with E-state index in [1.54, 1.807) is 41.5 Å². The second-order valence-corrected chi connectivity index (χ2v) is 8.18. The van der Waals surface area contributed by atoms with Gasteiger partial charge in [0.1, 0.15) is 0 Å². The van der Waals surface area contributed by atoms with Crippen molar-refractivity contribution in [1.29, 1.82) is 0 Å². The Morgan fingerprint density at radius 3 is 2.60 bits per heavy atom. The van der Waals surface area contributed by atoms with Gasteiger partial charge in [0.25, 0.3) is 5.91 Å². The van der Waals surface area contributed by atoms with Crippen LogP contribution in [0.25, 0.3) is 5.82 Å². The van der Waals surface area contributed by atoms with Crippen LogP contribution in [0.15, 0.2) is 55.0 Å². The lowest BCUT2D eigenvalue weighted by Crippen LogP contribution is -2.26. The quantitative estimate of drug-likeness (QED) is 0.522. The molecule has 0 spiro atoms. The molecule has 11 heteroatoms. The summed E-state index contributed by atoms with van der Waals surface area (Å²) in [5.41, 5.74) is 1.24. The minimum Gasteiger partial charge on any atom is -0.348 e. The molecule has 3 aromatic rings. The summed E-state index contributed by atoms with van der Waals surface area (Å²) in [5, 5.41) is 9.48. The molecular weight excluding hydrogens is 408 g/mol. The molecule has 0 fully saturated rings. The third-order valence-electron chi connectivity index (χ3n) is 3.91. The number of hydrogen-bond acceptors (Lipinski definition) is 6. The second-order valence-electron chi connectivity index (χ2n) is 6.44. The van der Waals surface area contributed by atoms with Crippen LogP contribution in [0.5, 0.6) is 0 Å². The summed E-state index contributed by atoms with van der Waals surface area (Å²) in [6.07, 6.45) is 5.96. The maximum Gasteiger partial charge on any atom is 0.253 e. The molecule has 2 heterocycles. The highest BCUT2D eigenvalue weighted by Crippen LogP contribution is 2.22. The predicted octanol–water partition coefficient (Wildman–Crippen LogP) is 1.53. The highest BCUT2D eigenvalue weighted by molar-refractivity contribution is 7.92. The average molecular weight is 428 g/mol. The molecule has 2 aromatic heterocycles. The van der Waals surface area contributed by atoms with Gasteiger partial charge in [-0.3, -0.25) is 14.3 Å². The van der Waals surface area contributed by atoms with Crippen LogP contribution in [0.4, 0.5) is 11.4 Å². The number of sulfonamides is 1. The number of carbonyl (C=O) groups is 2. The van der Waals surface area contributed by atoms with Crippen LogP contribution in [0.1, 0.15) is 22.8 Å². The van der Waals surface area contributed by atoms with Gasteiger partial charge < -0.3 is 10.6 Å². The molecule has 156 valence electrons. The lowest BCUT2D eigenvalue weighted by molar-refractivity contribution is -0.114. The molecule has 0 radical (unpaired) electrons. The molecule has 0 aliphatic rings. The lowest BCUT2D eigenvalue weighted by atomic mass is 10.1. The van der Waals surface area contributed by atoms with Gasteiger partial charge >= 0.3 is 0 Å². The third-order valence-corrected chi connectivity index (χ3v) is 4.50. The zero-order chi connectivity index (χ0) is 21.7. The summed E-state index contributed by atoms with van der Waals surface area (Å²) < 4.78 is 27.2. The summed E-state index contributed by atoms with van der Waals surface area (Å²) in [5.74, 6) is -0.280. The van der Waals surface area contributed by atoms with Crippen LogP contribution in [0, 0.1) is 0 Å². The van der Waals surface area contributed by atoms with Gasteiger partial charge in [-0.15, -0.1) is 0 Å². The largest absolute Gasteiger partial charge is 0.348 e. The molecule has 1 aromatic carbocycles. The number of nitrogens with one attached hydrogen (secondary N) is 3. The molecule has 3 N–H and O–H groups in total. The van der Waals surface area contributed by atoms with E-state index in [2.05, 4.69) is 25.4 Å². The van der Waals surface area contributed by atoms with Gasteiger partial charge in [0, 0.05) is 43.3 Å². The van der Waals surface area contributed by atoms with Crippen molar-refractivity contribution in [3.8, 4) is 5.82 Å². The molecule has 0 bridgehead atoms. The van der Waals surface area contributed by atoms with Crippen molar-refractivity contribution in [2.75, 3.05) is 16.3 Å². The van der Waals surface area contributed by atoms with Crippen LogP contribution < -0.4 is 15.4 Å². The minimum absolute atomic E-state index is 0.0659. The number of aromatic nitrogens is 3. The van der Waals surface area contributed by atoms with Gasteiger partial charge in [0.15, 0.2) is 5.82 Å². The summed E-state index contributed by atoms with van der Waals surface area (Å²) in [7, 11) is -3.61. The zero-order valence-electron chi connectivity index (χ0n) is 16.3. The van der Waals surface area contributed by atoms with E-state index in [4.69, 9.17) is 0 Å². The van der Waals surface area contributed by atoms with E-state index in [0.29, 0.717) is 17.1 Å². The van der Waals surface area contributed by atoms with Crippen LogP contribution in [0.2, 0.25) is 0 Å². The van der Waals surface area contributed by atoms with Crippen LogP contribution in [-0.4, -0.2) is 41.3 Å². The Bertz CT molecular complexity index is 1180. The number of amides is 2. The van der Waals surface area contributed by atoms with Crippen molar-refractivity contribution >= 4 is 33.2 Å². The van der Waals surface area contributed by atoms with E-state index < -0.39 is 15.9 Å². The molecule has 0 saturated carbocycles. The fraction of sp³-hybridized carbons (Fsp3) is 0.158. The van der Waals surface area contributed by atoms with Gasteiger partial charge in [0.05, 0.1) is 17.5 Å². The fourth-order valence-corrected chi connectivity index (χ4v) is 3.32. The van der Waals surface area contributed by atoms with E-state index in [1.807, 2.05) is 0 Å². The first kappa shape index (κ1) is 21.0. The van der Waals surface area contributed by atoms with Crippen LogP contribution in [0.3, 0.4) is 0 Å². The summed E-state index contributed by atoms with van der Waals surface area (Å²) in [6.45, 7) is 1.46. The first-order chi connectivity index (χ1) is 14.2. The van der Waals surface area contributed by atoms with Crippen molar-refractivity contribution in [3.63, 3.8) is 0 Å². The number of carbonyl (C=O) groups excluding carboxylic acids is 2. The van der Waals surface area contributed by atoms with Crippen LogP contribution in [-0.2, 0) is 21.4 Å². The number of hydrogen-bond donors (Lipinski definition) is 3. The molecule has 0 unspecified atom stereocenters. The predicted molar refractivity (Wildman–Crippen MR) is 112 cm³/mol. The minimum atomic E-state index is -3.61. The van der Waals surface area contributed by atoms with Crippen molar-refractivity contribution in [3.05, 3.63) is 66.1 Å². The molecule has 30 heavy (non-hydrogen) atoms. The monoisotopic (exact) mass is 428 g/mol. The van der Waals surface area contributed by atoms with E-state index >= 15 is 0 Å². The molecule has 3 rings (SSSR count). The molecule has 0 atom stereocenters. The van der Waals surface area contributed by atoms with Gasteiger partial charge in [-0.25, -0.2) is 18.1 Å². The fourth-order valence-electron chi connectivity index (χ4n) is 2.74. The first-order valence-corrected chi connectivity index (χ1v) is 10.7. The Morgan fingerprint density at radius 1 is 1.13 bits per heavy atom. The Morgan fingerprint density at radius 2 is 1.93 bits per heavy atom. The Balaban J connectivity index is 1.86. The maximum absolute atomic E-state index is 12.9. The van der Waals surface area contributed by atoms with E-state index in [9.17, 15) is 18.0 Å². The van der Waals surface area contributed by atoms with E-state index in [-0.39, 0.29) is 23.7 Å². The highest BCUT2D eigenvalue weighted by atomic mass is 32.2. The SMILES string of the molecule is CC(=O)Nc1ccc(NS(C)(=O)=O)c(C(=O)NCc2cccnc2-n2cccn2)c1. The normalized spacial score (nSPS) is 11.0. The number of rotatable bonds is 7. The van der Waals surface area contributed by atoms with Crippen molar-refractivity contribution in [1.82, 2.24) is 20.1 Å². The first-order valence-electron chi connectivity index (χ1n) is 8.84. The van der Waals surface area contributed by atoms with Gasteiger partial charge in [-0.1, -0.05) is 6.07 Å². The molecule has 2 amide bonds. The number of anilines is 2. The number of benzene rings is 1. The molecule has 0 aliphatic heterocycles. The van der Waals surface area contributed by atoms with Crippen LogP contribution >= 0.6 is 0 Å². The smallest absolute Gasteiger partial charge is 0.253 e. The average Bonchev–Trinajstić information content (AvgIpc) is 3.20. The third kappa shape index (κ3) is 5.41. The Kier molecular flexibility index (Phi) is 6.11. The molecular formula is C19H20N6O4S. The topological polar surface area (TPSA) is 135 Å². The van der Waals surface area contributed by atoms with Gasteiger partial charge in [0.2, 0.25) is 15.9 Å². The lowest BCUT2D eigenvalue weighted by Gasteiger charge is -2.14. The number of nitrogens with zero attached hydrogens (tertiary/aromatic N) is 3. The van der Waals surface area contributed by atoms with Crippen molar-refractivity contribution in [2.24, 2.45) is 0 Å². The van der Waals surface area contributed by atoms with Gasteiger partial charge in [-0.05, 0) is 30.3 Å². The maximum atomic E-state index is 12.9. The van der Waals surface area contributed by atoms with E-state index in [0.717, 1.165) is 6.26 Å². The Hall–Kier alpha value is -3.73. The van der Waals surface area contributed by atoms with Gasteiger partial charge in [-0.2, -0.15) is 5.10 Å². The summed E-state index contributed by atoms with van der Waals surface area (Å²) in [4.78, 5) is 28.5. The Labute approximate surface area is 173 Å². The molecule has 0 saturated heterocycles. The second kappa shape index (κ2) is 8.74. The summed E-state index contributed by atoms with van der Waals surface area (Å²) in [6, 6.07) is 9.62. The standard InChI is InChI=1S/C19H20N6O4S/c1-13(26)23-15-6-7-17(24-30(2,28)29)16(11-15)19(27)21-12-14-5-3-8-20-18(14)25-10-4-9-22-25/h3-11,24H,12H2,1-2H3,(H,21,27)(H,23,26). The highest BCUT2D eigenvalue weighted by Gasteiger charge is 2.16.